The molecule has 3 heterocycles. The smallest absolute Gasteiger partial charge is 0.250 e. The quantitative estimate of drug-likeness (QED) is 0.107. The van der Waals surface area contributed by atoms with Gasteiger partial charge in [-0.1, -0.05) is 50.1 Å². The van der Waals surface area contributed by atoms with Gasteiger partial charge < -0.3 is 34.7 Å². The molecular weight excluding hydrogens is 630 g/mol. The number of aliphatic hydroxyl groups is 1. The predicted octanol–water partition coefficient (Wildman–Crippen LogP) is 6.05. The van der Waals surface area contributed by atoms with Gasteiger partial charge in [-0.15, -0.1) is 0 Å². The molecule has 264 valence electrons. The first-order chi connectivity index (χ1) is 24.1. The van der Waals surface area contributed by atoms with Crippen molar-refractivity contribution in [3.63, 3.8) is 0 Å². The standard InChI is InChI=1S/C39H49N7O4/c1-7-8-17-39(2,26-47)44-37-36-33(42-38(43-37)41-22-28-14-15-31(49-5)20-34(28)50-6)19-29(23-40-36)32-21-35(48)46(4)25-30(32)24-45(3)18-16-27-12-10-9-11-13-27/h9-15,19-21,23,25,47H,7-8,16-18,22,24,26H2,1-6H3,(H2,41,42,43,44)/t39-/m1/s1. The summed E-state index contributed by atoms with van der Waals surface area (Å²) in [5.74, 6) is 2.28. The summed E-state index contributed by atoms with van der Waals surface area (Å²) < 4.78 is 12.6. The molecule has 2 aromatic carbocycles. The van der Waals surface area contributed by atoms with Gasteiger partial charge in [-0.25, -0.2) is 4.98 Å². The molecule has 0 unspecified atom stereocenters. The van der Waals surface area contributed by atoms with Crippen LogP contribution in [0.2, 0.25) is 0 Å². The lowest BCUT2D eigenvalue weighted by Crippen LogP contribution is -2.39. The Labute approximate surface area is 294 Å². The molecule has 0 amide bonds. The zero-order chi connectivity index (χ0) is 35.7. The highest BCUT2D eigenvalue weighted by Crippen LogP contribution is 2.31. The highest BCUT2D eigenvalue weighted by molar-refractivity contribution is 5.89. The predicted molar refractivity (Wildman–Crippen MR) is 200 cm³/mol. The van der Waals surface area contributed by atoms with Gasteiger partial charge in [-0.2, -0.15) is 4.98 Å². The van der Waals surface area contributed by atoms with E-state index in [1.807, 2.05) is 43.5 Å². The van der Waals surface area contributed by atoms with Gasteiger partial charge >= 0.3 is 0 Å². The lowest BCUT2D eigenvalue weighted by atomic mass is 9.96. The van der Waals surface area contributed by atoms with E-state index in [9.17, 15) is 9.90 Å². The van der Waals surface area contributed by atoms with Crippen molar-refractivity contribution in [3.8, 4) is 22.6 Å². The summed E-state index contributed by atoms with van der Waals surface area (Å²) in [6.07, 6.45) is 7.30. The number of nitrogens with zero attached hydrogens (tertiary/aromatic N) is 5. The minimum atomic E-state index is -0.614. The molecule has 0 spiro atoms. The first kappa shape index (κ1) is 36.3. The van der Waals surface area contributed by atoms with Crippen LogP contribution in [0.5, 0.6) is 11.5 Å². The second-order valence-electron chi connectivity index (χ2n) is 13.1. The number of hydrogen-bond donors (Lipinski definition) is 3. The highest BCUT2D eigenvalue weighted by Gasteiger charge is 2.25. The highest BCUT2D eigenvalue weighted by atomic mass is 16.5. The van der Waals surface area contributed by atoms with Gasteiger partial charge in [0.2, 0.25) is 5.95 Å². The molecule has 1 atom stereocenters. The maximum atomic E-state index is 13.0. The molecule has 11 heteroatoms. The van der Waals surface area contributed by atoms with Crippen LogP contribution < -0.4 is 25.7 Å². The van der Waals surface area contributed by atoms with Crippen LogP contribution in [0.25, 0.3) is 22.2 Å². The van der Waals surface area contributed by atoms with Gasteiger partial charge in [-0.3, -0.25) is 9.78 Å². The second kappa shape index (κ2) is 16.6. The van der Waals surface area contributed by atoms with E-state index in [1.54, 1.807) is 38.1 Å². The lowest BCUT2D eigenvalue weighted by molar-refractivity contribution is 0.212. The Morgan fingerprint density at radius 2 is 1.82 bits per heavy atom. The van der Waals surface area contributed by atoms with E-state index in [-0.39, 0.29) is 12.2 Å². The number of pyridine rings is 2. The summed E-state index contributed by atoms with van der Waals surface area (Å²) in [7, 11) is 7.11. The number of aromatic nitrogens is 4. The van der Waals surface area contributed by atoms with Crippen LogP contribution in [0.3, 0.4) is 0 Å². The van der Waals surface area contributed by atoms with Crippen LogP contribution in [-0.2, 0) is 26.6 Å². The van der Waals surface area contributed by atoms with Gasteiger partial charge in [0.05, 0.1) is 31.9 Å². The molecule has 0 aliphatic carbocycles. The molecule has 5 aromatic rings. The number of rotatable bonds is 17. The van der Waals surface area contributed by atoms with E-state index in [0.717, 1.165) is 54.5 Å². The van der Waals surface area contributed by atoms with Gasteiger partial charge in [-0.05, 0) is 61.7 Å². The van der Waals surface area contributed by atoms with Crippen molar-refractivity contribution in [1.29, 1.82) is 0 Å². The molecule has 0 bridgehead atoms. The van der Waals surface area contributed by atoms with E-state index in [2.05, 4.69) is 53.8 Å². The Hall–Kier alpha value is -5.00. The summed E-state index contributed by atoms with van der Waals surface area (Å²) in [6, 6.07) is 19.7. The van der Waals surface area contributed by atoms with Crippen molar-refractivity contribution in [1.82, 2.24) is 24.4 Å². The molecular formula is C39H49N7O4. The van der Waals surface area contributed by atoms with Crippen LogP contribution in [0, 0.1) is 0 Å². The number of nitrogens with one attached hydrogen (secondary N) is 2. The Morgan fingerprint density at radius 1 is 1.02 bits per heavy atom. The number of aryl methyl sites for hydroxylation is 1. The average molecular weight is 680 g/mol. The van der Waals surface area contributed by atoms with E-state index in [4.69, 9.17) is 24.4 Å². The number of fused-ring (bicyclic) bond motifs is 1. The van der Waals surface area contributed by atoms with Gasteiger partial charge in [0, 0.05) is 62.3 Å². The topological polar surface area (TPSA) is 127 Å². The lowest BCUT2D eigenvalue weighted by Gasteiger charge is -2.29. The Morgan fingerprint density at radius 3 is 2.54 bits per heavy atom. The molecule has 11 nitrogen and oxygen atoms in total. The van der Waals surface area contributed by atoms with Gasteiger partial charge in [0.1, 0.15) is 17.0 Å². The number of aliphatic hydroxyl groups excluding tert-OH is 1. The zero-order valence-electron chi connectivity index (χ0n) is 30.0. The van der Waals surface area contributed by atoms with Crippen LogP contribution in [0.4, 0.5) is 11.8 Å². The summed E-state index contributed by atoms with van der Waals surface area (Å²) >= 11 is 0. The molecule has 3 N–H and O–H groups in total. The molecule has 0 saturated carbocycles. The molecule has 0 aliphatic heterocycles. The van der Waals surface area contributed by atoms with E-state index >= 15 is 0 Å². The zero-order valence-corrected chi connectivity index (χ0v) is 30.0. The fourth-order valence-electron chi connectivity index (χ4n) is 5.95. The average Bonchev–Trinajstić information content (AvgIpc) is 3.13. The van der Waals surface area contributed by atoms with Crippen molar-refractivity contribution in [2.75, 3.05) is 45.1 Å². The van der Waals surface area contributed by atoms with Crippen molar-refractivity contribution in [2.24, 2.45) is 7.05 Å². The van der Waals surface area contributed by atoms with Crippen molar-refractivity contribution >= 4 is 22.8 Å². The van der Waals surface area contributed by atoms with E-state index < -0.39 is 5.54 Å². The third kappa shape index (κ3) is 8.96. The van der Waals surface area contributed by atoms with Crippen LogP contribution in [0.15, 0.2) is 77.9 Å². The van der Waals surface area contributed by atoms with Crippen LogP contribution >= 0.6 is 0 Å². The SMILES string of the molecule is CCCC[C@](C)(CO)Nc1nc(NCc2ccc(OC)cc2OC)nc2cc(-c3cc(=O)n(C)cc3CN(C)CCc3ccccc3)cnc12. The van der Waals surface area contributed by atoms with Crippen molar-refractivity contribution < 1.29 is 14.6 Å². The third-order valence-electron chi connectivity index (χ3n) is 9.01. The van der Waals surface area contributed by atoms with Crippen LogP contribution in [0.1, 0.15) is 49.8 Å². The fraction of sp³-hybridized carbons (Fsp3) is 0.385. The summed E-state index contributed by atoms with van der Waals surface area (Å²) in [5.41, 5.74) is 5.24. The molecule has 50 heavy (non-hydrogen) atoms. The molecule has 0 fully saturated rings. The molecule has 0 radical (unpaired) electrons. The largest absolute Gasteiger partial charge is 0.497 e. The molecule has 3 aromatic heterocycles. The van der Waals surface area contributed by atoms with Crippen LogP contribution in [-0.4, -0.2) is 69.5 Å². The number of unbranched alkanes of at least 4 members (excludes halogenated alkanes) is 1. The third-order valence-corrected chi connectivity index (χ3v) is 9.01. The van der Waals surface area contributed by atoms with Gasteiger partial charge in [0.25, 0.3) is 5.56 Å². The second-order valence-corrected chi connectivity index (χ2v) is 13.1. The normalized spacial score (nSPS) is 12.6. The number of methoxy groups -OCH3 is 2. The van der Waals surface area contributed by atoms with E-state index in [0.29, 0.717) is 47.4 Å². The summed E-state index contributed by atoms with van der Waals surface area (Å²) in [6.45, 7) is 5.94. The van der Waals surface area contributed by atoms with Gasteiger partial charge in [0.15, 0.2) is 5.82 Å². The van der Waals surface area contributed by atoms with Crippen molar-refractivity contribution in [3.05, 3.63) is 100 Å². The van der Waals surface area contributed by atoms with Crippen molar-refractivity contribution in [2.45, 2.75) is 58.2 Å². The fourth-order valence-corrected chi connectivity index (χ4v) is 5.95. The Kier molecular flexibility index (Phi) is 12.0. The molecule has 5 rings (SSSR count). The maximum absolute atomic E-state index is 13.0. The van der Waals surface area contributed by atoms with E-state index in [1.165, 1.54) is 5.56 Å². The Balaban J connectivity index is 1.52. The number of benzene rings is 2. The number of likely N-dealkylation sites (N-methyl/N-ethyl adjacent to an activating group) is 1. The molecule has 0 saturated heterocycles. The molecule has 0 aliphatic rings. The minimum absolute atomic E-state index is 0.0726. The number of ether oxygens (including phenoxy) is 2. The monoisotopic (exact) mass is 679 g/mol. The number of hydrogen-bond acceptors (Lipinski definition) is 10. The first-order valence-electron chi connectivity index (χ1n) is 17.1. The first-order valence-corrected chi connectivity index (χ1v) is 17.1. The minimum Gasteiger partial charge on any atom is -0.497 e. The summed E-state index contributed by atoms with van der Waals surface area (Å²) in [5, 5.41) is 17.3. The Bertz CT molecular complexity index is 1950. The number of anilines is 2. The maximum Gasteiger partial charge on any atom is 0.250 e. The summed E-state index contributed by atoms with van der Waals surface area (Å²) in [4.78, 5) is 29.8.